The maximum Gasteiger partial charge on any atom is 0.0768 e. The molecule has 0 spiro atoms. The Balaban J connectivity index is 2.64. The molecule has 1 aliphatic rings. The average Bonchev–Trinajstić information content (AvgIpc) is 2.47. The Hall–Kier alpha value is -0.340. The molecule has 0 heterocycles. The van der Waals surface area contributed by atoms with E-state index in [1.807, 2.05) is 7.05 Å². The van der Waals surface area contributed by atoms with Crippen molar-refractivity contribution in [3.8, 4) is 0 Å². The zero-order chi connectivity index (χ0) is 17.6. The molecule has 0 saturated heterocycles. The number of hydrogen-bond donors (Lipinski definition) is 1. The van der Waals surface area contributed by atoms with Crippen LogP contribution in [0.15, 0.2) is 12.7 Å². The molecule has 23 heavy (non-hydrogen) atoms. The van der Waals surface area contributed by atoms with Crippen molar-refractivity contribution < 1.29 is 4.74 Å². The second-order valence-electron chi connectivity index (χ2n) is 8.99. The minimum atomic E-state index is 0.242. The highest BCUT2D eigenvalue weighted by Crippen LogP contribution is 2.39. The Bertz CT molecular complexity index is 336. The molecule has 136 valence electrons. The predicted octanol–water partition coefficient (Wildman–Crippen LogP) is 5.29. The smallest absolute Gasteiger partial charge is 0.0768 e. The molecule has 3 atom stereocenters. The van der Waals surface area contributed by atoms with Crippen LogP contribution < -0.4 is 5.32 Å². The lowest BCUT2D eigenvalue weighted by Gasteiger charge is -2.40. The summed E-state index contributed by atoms with van der Waals surface area (Å²) < 4.78 is 6.58. The predicted molar refractivity (Wildman–Crippen MR) is 102 cm³/mol. The molecule has 0 amide bonds. The molecule has 1 N–H and O–H groups in total. The van der Waals surface area contributed by atoms with Crippen LogP contribution in [0, 0.1) is 29.1 Å². The van der Waals surface area contributed by atoms with Crippen molar-refractivity contribution >= 4 is 0 Å². The quantitative estimate of drug-likeness (QED) is 0.613. The first-order valence-corrected chi connectivity index (χ1v) is 9.63. The molecule has 0 aromatic carbocycles. The third-order valence-corrected chi connectivity index (χ3v) is 6.03. The summed E-state index contributed by atoms with van der Waals surface area (Å²) in [7, 11) is 2.02. The van der Waals surface area contributed by atoms with Gasteiger partial charge in [-0.1, -0.05) is 47.6 Å². The van der Waals surface area contributed by atoms with Gasteiger partial charge in [0.05, 0.1) is 12.2 Å². The first kappa shape index (κ1) is 20.7. The lowest BCUT2D eigenvalue weighted by Crippen LogP contribution is -2.41. The summed E-state index contributed by atoms with van der Waals surface area (Å²) in [5.41, 5.74) is 0.436. The molecule has 0 radical (unpaired) electrons. The number of nitrogens with one attached hydrogen (secondary N) is 1. The minimum Gasteiger partial charge on any atom is -0.373 e. The van der Waals surface area contributed by atoms with Gasteiger partial charge < -0.3 is 10.1 Å². The van der Waals surface area contributed by atoms with Gasteiger partial charge in [0.15, 0.2) is 0 Å². The Morgan fingerprint density at radius 2 is 1.70 bits per heavy atom. The van der Waals surface area contributed by atoms with E-state index in [1.54, 1.807) is 0 Å². The van der Waals surface area contributed by atoms with E-state index < -0.39 is 0 Å². The fraction of sp³-hybridized carbons (Fsp3) is 0.905. The van der Waals surface area contributed by atoms with Crippen molar-refractivity contribution in [3.63, 3.8) is 0 Å². The van der Waals surface area contributed by atoms with Crippen LogP contribution in [0.2, 0.25) is 0 Å². The number of ether oxygens (including phenoxy) is 1. The maximum atomic E-state index is 6.58. The molecular weight excluding hydrogens is 282 g/mol. The van der Waals surface area contributed by atoms with Crippen LogP contribution in [0.3, 0.4) is 0 Å². The molecular formula is C21H41NO. The minimum absolute atomic E-state index is 0.242. The Labute approximate surface area is 145 Å². The monoisotopic (exact) mass is 323 g/mol. The van der Waals surface area contributed by atoms with Crippen molar-refractivity contribution in [2.75, 3.05) is 13.6 Å². The Morgan fingerprint density at radius 1 is 1.13 bits per heavy atom. The second-order valence-corrected chi connectivity index (χ2v) is 8.99. The normalized spacial score (nSPS) is 26.8. The van der Waals surface area contributed by atoms with E-state index in [2.05, 4.69) is 59.5 Å². The van der Waals surface area contributed by atoms with Crippen LogP contribution in [-0.2, 0) is 4.74 Å². The van der Waals surface area contributed by atoms with Crippen molar-refractivity contribution in [1.29, 1.82) is 0 Å². The summed E-state index contributed by atoms with van der Waals surface area (Å²) in [4.78, 5) is 0. The van der Waals surface area contributed by atoms with Gasteiger partial charge >= 0.3 is 0 Å². The highest BCUT2D eigenvalue weighted by atomic mass is 16.5. The molecule has 1 aliphatic carbocycles. The standard InChI is InChI=1S/C21H41NO/c1-9-19(16(4)15(2)3)20(14-22-8)23-18-12-10-17(11-13-18)21(5,6)7/h9,15-20,22H,1,10-14H2,2-8H3/t16-,17?,18?,19+,20?/m1/s1. The van der Waals surface area contributed by atoms with Crippen LogP contribution in [0.4, 0.5) is 0 Å². The van der Waals surface area contributed by atoms with Gasteiger partial charge in [-0.25, -0.2) is 0 Å². The highest BCUT2D eigenvalue weighted by molar-refractivity contribution is 4.92. The lowest BCUT2D eigenvalue weighted by molar-refractivity contribution is -0.0694. The zero-order valence-corrected chi connectivity index (χ0v) is 16.7. The van der Waals surface area contributed by atoms with Gasteiger partial charge in [-0.05, 0) is 55.9 Å². The van der Waals surface area contributed by atoms with Crippen LogP contribution in [0.1, 0.15) is 67.2 Å². The summed E-state index contributed by atoms with van der Waals surface area (Å²) >= 11 is 0. The topological polar surface area (TPSA) is 21.3 Å². The zero-order valence-electron chi connectivity index (χ0n) is 16.7. The van der Waals surface area contributed by atoms with Crippen LogP contribution in [0.25, 0.3) is 0 Å². The van der Waals surface area contributed by atoms with E-state index in [0.717, 1.165) is 12.5 Å². The number of hydrogen-bond acceptors (Lipinski definition) is 2. The van der Waals surface area contributed by atoms with Crippen LogP contribution in [-0.4, -0.2) is 25.8 Å². The van der Waals surface area contributed by atoms with Crippen molar-refractivity contribution in [1.82, 2.24) is 5.32 Å². The Kier molecular flexibility index (Phi) is 8.30. The van der Waals surface area contributed by atoms with Crippen molar-refractivity contribution in [2.24, 2.45) is 29.1 Å². The SMILES string of the molecule is C=C[C@H](C(CNC)OC1CCC(C(C)(C)C)CC1)[C@H](C)C(C)C. The van der Waals surface area contributed by atoms with Crippen LogP contribution in [0.5, 0.6) is 0 Å². The molecule has 1 saturated carbocycles. The second kappa shape index (κ2) is 9.22. The fourth-order valence-corrected chi connectivity index (χ4v) is 3.94. The van der Waals surface area contributed by atoms with Gasteiger partial charge in [0.1, 0.15) is 0 Å². The summed E-state index contributed by atoms with van der Waals surface area (Å²) in [6, 6.07) is 0. The van der Waals surface area contributed by atoms with E-state index >= 15 is 0 Å². The van der Waals surface area contributed by atoms with E-state index in [-0.39, 0.29) is 6.10 Å². The van der Waals surface area contributed by atoms with Crippen molar-refractivity contribution in [3.05, 3.63) is 12.7 Å². The maximum absolute atomic E-state index is 6.58. The molecule has 0 aromatic heterocycles. The molecule has 2 nitrogen and oxygen atoms in total. The summed E-state index contributed by atoms with van der Waals surface area (Å²) in [6.45, 7) is 19.1. The molecule has 0 bridgehead atoms. The van der Waals surface area contributed by atoms with Gasteiger partial charge in [0, 0.05) is 12.5 Å². The van der Waals surface area contributed by atoms with E-state index in [1.165, 1.54) is 25.7 Å². The molecule has 1 unspecified atom stereocenters. The van der Waals surface area contributed by atoms with E-state index in [9.17, 15) is 0 Å². The first-order valence-electron chi connectivity index (χ1n) is 9.63. The fourth-order valence-electron chi connectivity index (χ4n) is 3.94. The highest BCUT2D eigenvalue weighted by Gasteiger charge is 2.33. The summed E-state index contributed by atoms with van der Waals surface area (Å²) in [6.07, 6.45) is 7.81. The van der Waals surface area contributed by atoms with E-state index in [4.69, 9.17) is 4.74 Å². The third kappa shape index (κ3) is 6.23. The molecule has 0 aliphatic heterocycles. The van der Waals surface area contributed by atoms with Crippen LogP contribution >= 0.6 is 0 Å². The first-order chi connectivity index (χ1) is 10.7. The van der Waals surface area contributed by atoms with Crippen molar-refractivity contribution in [2.45, 2.75) is 79.4 Å². The molecule has 1 fully saturated rings. The number of likely N-dealkylation sites (N-methyl/N-ethyl adjacent to an activating group) is 1. The summed E-state index contributed by atoms with van der Waals surface area (Å²) in [5.74, 6) is 2.51. The van der Waals surface area contributed by atoms with Gasteiger partial charge in [0.2, 0.25) is 0 Å². The van der Waals surface area contributed by atoms with Gasteiger partial charge in [-0.2, -0.15) is 0 Å². The largest absolute Gasteiger partial charge is 0.373 e. The third-order valence-electron chi connectivity index (χ3n) is 6.03. The number of rotatable bonds is 8. The van der Waals surface area contributed by atoms with Gasteiger partial charge in [0.25, 0.3) is 0 Å². The summed E-state index contributed by atoms with van der Waals surface area (Å²) in [5, 5.41) is 3.33. The molecule has 0 aromatic rings. The van der Waals surface area contributed by atoms with E-state index in [0.29, 0.717) is 29.3 Å². The van der Waals surface area contributed by atoms with Gasteiger partial charge in [-0.15, -0.1) is 6.58 Å². The molecule has 1 rings (SSSR count). The van der Waals surface area contributed by atoms with Gasteiger partial charge in [-0.3, -0.25) is 0 Å². The lowest BCUT2D eigenvalue weighted by atomic mass is 9.72. The molecule has 2 heteroatoms. The average molecular weight is 324 g/mol. The Morgan fingerprint density at radius 3 is 2.09 bits per heavy atom.